The Morgan fingerprint density at radius 3 is 2.43 bits per heavy atom. The Labute approximate surface area is 178 Å². The minimum atomic E-state index is -1.58. The molecule has 0 unspecified atom stereocenters. The summed E-state index contributed by atoms with van der Waals surface area (Å²) in [5.74, 6) is -1.14. The first-order valence-corrected chi connectivity index (χ1v) is 10.7. The molecule has 1 aliphatic rings. The molecule has 0 spiro atoms. The third-order valence-electron chi connectivity index (χ3n) is 5.39. The van der Waals surface area contributed by atoms with Crippen LogP contribution in [0.5, 0.6) is 5.75 Å². The molecule has 1 heterocycles. The van der Waals surface area contributed by atoms with Crippen LogP contribution in [0.3, 0.4) is 0 Å². The van der Waals surface area contributed by atoms with Crippen molar-refractivity contribution in [1.29, 1.82) is 0 Å². The fourth-order valence-corrected chi connectivity index (χ4v) is 3.83. The number of carbonyl (C=O) groups excluding carboxylic acids is 2. The fraction of sp³-hybridized carbons (Fsp3) is 0.636. The number of amides is 2. The van der Waals surface area contributed by atoms with Gasteiger partial charge in [-0.15, -0.1) is 0 Å². The summed E-state index contributed by atoms with van der Waals surface area (Å²) in [5.41, 5.74) is 2.52. The van der Waals surface area contributed by atoms with Crippen molar-refractivity contribution in [3.05, 3.63) is 24.3 Å². The molecule has 1 aromatic carbocycles. The van der Waals surface area contributed by atoms with E-state index >= 15 is 0 Å². The van der Waals surface area contributed by atoms with Crippen LogP contribution in [0.25, 0.3) is 0 Å². The maximum absolute atomic E-state index is 13.2. The summed E-state index contributed by atoms with van der Waals surface area (Å²) in [6.45, 7) is 10.4. The Balaban J connectivity index is 2.05. The number of aliphatic hydroxyl groups is 1. The van der Waals surface area contributed by atoms with Gasteiger partial charge in [-0.1, -0.05) is 20.8 Å². The van der Waals surface area contributed by atoms with Crippen LogP contribution in [0.1, 0.15) is 40.5 Å². The van der Waals surface area contributed by atoms with E-state index in [-0.39, 0.29) is 17.9 Å². The number of benzene rings is 1. The second-order valence-electron chi connectivity index (χ2n) is 8.33. The molecule has 2 amide bonds. The molecule has 0 aromatic heterocycles. The van der Waals surface area contributed by atoms with Crippen molar-refractivity contribution in [1.82, 2.24) is 10.4 Å². The van der Waals surface area contributed by atoms with E-state index in [1.807, 2.05) is 45.0 Å². The van der Waals surface area contributed by atoms with E-state index in [1.165, 1.54) is 5.48 Å². The second kappa shape index (κ2) is 11.2. The molecule has 3 N–H and O–H groups in total. The lowest BCUT2D eigenvalue weighted by Gasteiger charge is -2.42. The predicted molar refractivity (Wildman–Crippen MR) is 114 cm³/mol. The first kappa shape index (κ1) is 24.0. The molecule has 30 heavy (non-hydrogen) atoms. The van der Waals surface area contributed by atoms with Gasteiger partial charge in [-0.2, -0.15) is 0 Å². The number of nitrogens with zero attached hydrogens (tertiary/aromatic N) is 2. The summed E-state index contributed by atoms with van der Waals surface area (Å²) in [6, 6.07) is 7.87. The topological polar surface area (TPSA) is 102 Å². The van der Waals surface area contributed by atoms with Crippen LogP contribution in [0, 0.1) is 11.8 Å². The minimum absolute atomic E-state index is 0.0821. The normalized spacial score (nSPS) is 18.8. The number of hydroxylamine groups is 1. The van der Waals surface area contributed by atoms with Crippen LogP contribution < -0.4 is 15.1 Å². The number of anilines is 1. The molecule has 8 heteroatoms. The maximum Gasteiger partial charge on any atom is 0.272 e. The lowest BCUT2D eigenvalue weighted by Crippen LogP contribution is -2.57. The zero-order valence-corrected chi connectivity index (χ0v) is 18.4. The second-order valence-corrected chi connectivity index (χ2v) is 8.33. The van der Waals surface area contributed by atoms with Gasteiger partial charge in [0.1, 0.15) is 11.9 Å². The average molecular weight is 422 g/mol. The monoisotopic (exact) mass is 421 g/mol. The Morgan fingerprint density at radius 2 is 1.90 bits per heavy atom. The van der Waals surface area contributed by atoms with Gasteiger partial charge in [0.25, 0.3) is 5.91 Å². The van der Waals surface area contributed by atoms with E-state index in [1.54, 1.807) is 4.90 Å². The molecule has 1 aromatic rings. The first-order valence-electron chi connectivity index (χ1n) is 10.7. The Bertz CT molecular complexity index is 695. The lowest BCUT2D eigenvalue weighted by molar-refractivity contribution is -0.152. The van der Waals surface area contributed by atoms with E-state index in [0.717, 1.165) is 17.9 Å². The highest BCUT2D eigenvalue weighted by Crippen LogP contribution is 2.25. The summed E-state index contributed by atoms with van der Waals surface area (Å²) < 4.78 is 5.63. The molecule has 0 saturated carbocycles. The quantitative estimate of drug-likeness (QED) is 0.417. The lowest BCUT2D eigenvalue weighted by atomic mass is 9.89. The van der Waals surface area contributed by atoms with Crippen molar-refractivity contribution < 1.29 is 24.6 Å². The summed E-state index contributed by atoms with van der Waals surface area (Å²) in [5, 5.41) is 19.1. The Kier molecular flexibility index (Phi) is 8.92. The smallest absolute Gasteiger partial charge is 0.272 e. The summed E-state index contributed by atoms with van der Waals surface area (Å²) in [6.07, 6.45) is -0.257. The van der Waals surface area contributed by atoms with Crippen LogP contribution >= 0.6 is 0 Å². The van der Waals surface area contributed by atoms with Gasteiger partial charge in [0, 0.05) is 31.4 Å². The zero-order valence-electron chi connectivity index (χ0n) is 18.4. The van der Waals surface area contributed by atoms with Crippen LogP contribution in [0.2, 0.25) is 0 Å². The van der Waals surface area contributed by atoms with Crippen molar-refractivity contribution in [2.45, 2.75) is 52.7 Å². The first-order chi connectivity index (χ1) is 14.3. The number of hydrogen-bond acceptors (Lipinski definition) is 6. The van der Waals surface area contributed by atoms with Crippen molar-refractivity contribution in [3.63, 3.8) is 0 Å². The van der Waals surface area contributed by atoms with Gasteiger partial charge >= 0.3 is 0 Å². The molecule has 3 atom stereocenters. The highest BCUT2D eigenvalue weighted by molar-refractivity contribution is 5.89. The van der Waals surface area contributed by atoms with Crippen molar-refractivity contribution in [2.24, 2.45) is 11.8 Å². The number of hydrogen-bond donors (Lipinski definition) is 3. The predicted octanol–water partition coefficient (Wildman–Crippen LogP) is 2.04. The minimum Gasteiger partial charge on any atom is -0.494 e. The number of aliphatic hydroxyl groups excluding tert-OH is 1. The Morgan fingerprint density at radius 1 is 1.23 bits per heavy atom. The van der Waals surface area contributed by atoms with Gasteiger partial charge in [0.2, 0.25) is 5.91 Å². The molecule has 8 nitrogen and oxygen atoms in total. The molecular formula is C22H35N3O5. The summed E-state index contributed by atoms with van der Waals surface area (Å²) >= 11 is 0. The van der Waals surface area contributed by atoms with Crippen molar-refractivity contribution in [3.8, 4) is 5.75 Å². The van der Waals surface area contributed by atoms with E-state index in [4.69, 9.17) is 9.94 Å². The summed E-state index contributed by atoms with van der Waals surface area (Å²) in [7, 11) is 0. The SMILES string of the molecule is CCCOc1ccc(N2CCN(C(=O)[C@@H](CC(C)C)[C@H](O)C(=O)NO)[C@H](C)C2)cc1. The van der Waals surface area contributed by atoms with Gasteiger partial charge in [0.05, 0.1) is 12.5 Å². The summed E-state index contributed by atoms with van der Waals surface area (Å²) in [4.78, 5) is 28.8. The number of piperazine rings is 1. The van der Waals surface area contributed by atoms with Crippen molar-refractivity contribution in [2.75, 3.05) is 31.1 Å². The highest BCUT2D eigenvalue weighted by Gasteiger charge is 2.38. The van der Waals surface area contributed by atoms with E-state index in [0.29, 0.717) is 32.7 Å². The van der Waals surface area contributed by atoms with Gasteiger partial charge in [0.15, 0.2) is 0 Å². The number of rotatable bonds is 9. The third-order valence-corrected chi connectivity index (χ3v) is 5.39. The molecule has 0 radical (unpaired) electrons. The van der Waals surface area contributed by atoms with Crippen LogP contribution in [-0.2, 0) is 9.59 Å². The molecule has 0 bridgehead atoms. The molecule has 168 valence electrons. The van der Waals surface area contributed by atoms with E-state index < -0.39 is 17.9 Å². The standard InChI is InChI=1S/C22H35N3O5/c1-5-12-30-18-8-6-17(7-9-18)24-10-11-25(16(4)14-24)22(28)19(13-15(2)3)20(26)21(27)23-29/h6-9,15-16,19-20,26,29H,5,10-14H2,1-4H3,(H,23,27)/t16-,19+,20+/m1/s1. The number of nitrogens with one attached hydrogen (secondary N) is 1. The Hall–Kier alpha value is -2.32. The molecule has 1 saturated heterocycles. The van der Waals surface area contributed by atoms with Crippen LogP contribution in [-0.4, -0.2) is 65.4 Å². The average Bonchev–Trinajstić information content (AvgIpc) is 2.74. The third kappa shape index (κ3) is 6.09. The zero-order chi connectivity index (χ0) is 22.3. The van der Waals surface area contributed by atoms with E-state index in [9.17, 15) is 14.7 Å². The largest absolute Gasteiger partial charge is 0.494 e. The number of ether oxygens (including phenoxy) is 1. The van der Waals surface area contributed by atoms with Crippen LogP contribution in [0.15, 0.2) is 24.3 Å². The van der Waals surface area contributed by atoms with Crippen molar-refractivity contribution >= 4 is 17.5 Å². The van der Waals surface area contributed by atoms with Gasteiger partial charge in [-0.3, -0.25) is 14.8 Å². The molecule has 1 fully saturated rings. The number of carbonyl (C=O) groups is 2. The van der Waals surface area contributed by atoms with Gasteiger partial charge in [-0.25, -0.2) is 5.48 Å². The highest BCUT2D eigenvalue weighted by atomic mass is 16.5. The molecule has 1 aliphatic heterocycles. The maximum atomic E-state index is 13.2. The van der Waals surface area contributed by atoms with Crippen LogP contribution in [0.4, 0.5) is 5.69 Å². The van der Waals surface area contributed by atoms with Gasteiger partial charge in [-0.05, 0) is 49.9 Å². The van der Waals surface area contributed by atoms with E-state index in [2.05, 4.69) is 11.8 Å². The molecule has 2 rings (SSSR count). The molecule has 0 aliphatic carbocycles. The fourth-order valence-electron chi connectivity index (χ4n) is 3.83. The van der Waals surface area contributed by atoms with Gasteiger partial charge < -0.3 is 19.6 Å². The molecular weight excluding hydrogens is 386 g/mol.